The maximum absolute atomic E-state index is 11.6. The Balaban J connectivity index is 2.56. The molecule has 0 saturated heterocycles. The van der Waals surface area contributed by atoms with Crippen molar-refractivity contribution in [1.29, 1.82) is 0 Å². The van der Waals surface area contributed by atoms with Crippen LogP contribution in [-0.2, 0) is 26.4 Å². The summed E-state index contributed by atoms with van der Waals surface area (Å²) in [4.78, 5) is 0. The number of nitrogens with one attached hydrogen (secondary N) is 1. The molecule has 0 spiro atoms. The fraction of sp³-hybridized carbons (Fsp3) is 0.455. The number of sulfonamides is 1. The second kappa shape index (κ2) is 6.96. The van der Waals surface area contributed by atoms with Gasteiger partial charge in [-0.2, -0.15) is 0 Å². The second-order valence-corrected chi connectivity index (χ2v) is 5.67. The molecule has 1 N–H and O–H groups in total. The van der Waals surface area contributed by atoms with Gasteiger partial charge in [-0.1, -0.05) is 24.3 Å². The molecule has 0 atom stereocenters. The second-order valence-electron chi connectivity index (χ2n) is 3.60. The molecule has 0 bridgehead atoms. The molecule has 0 heterocycles. The summed E-state index contributed by atoms with van der Waals surface area (Å²) < 4.78 is 30.5. The zero-order valence-corrected chi connectivity index (χ0v) is 11.2. The first kappa shape index (κ1) is 14.4. The number of ether oxygens (including phenoxy) is 1. The van der Waals surface area contributed by atoms with Crippen molar-refractivity contribution in [3.05, 3.63) is 35.4 Å². The molecular weight excluding hydrogens is 262 g/mol. The first-order valence-electron chi connectivity index (χ1n) is 5.17. The molecule has 0 aliphatic heterocycles. The van der Waals surface area contributed by atoms with E-state index in [-0.39, 0.29) is 5.75 Å². The number of methoxy groups -OCH3 is 1. The Labute approximate surface area is 107 Å². The van der Waals surface area contributed by atoms with Crippen molar-refractivity contribution >= 4 is 21.6 Å². The Morgan fingerprint density at radius 2 is 1.82 bits per heavy atom. The standard InChI is InChI=1S/C11H16ClNO3S/c1-16-7-6-13-17(14,15)9-11-4-2-10(8-12)3-5-11/h2-5,13H,6-9H2,1H3. The van der Waals surface area contributed by atoms with E-state index in [4.69, 9.17) is 16.3 Å². The molecule has 1 aromatic rings. The fourth-order valence-electron chi connectivity index (χ4n) is 1.29. The summed E-state index contributed by atoms with van der Waals surface area (Å²) in [6.45, 7) is 0.656. The summed E-state index contributed by atoms with van der Waals surface area (Å²) >= 11 is 5.65. The van der Waals surface area contributed by atoms with Gasteiger partial charge in [0.25, 0.3) is 0 Å². The topological polar surface area (TPSA) is 55.4 Å². The Bertz CT molecular complexity index is 431. The third-order valence-corrected chi connectivity index (χ3v) is 3.83. The zero-order valence-electron chi connectivity index (χ0n) is 9.65. The molecule has 6 heteroatoms. The van der Waals surface area contributed by atoms with Crippen LogP contribution in [0.4, 0.5) is 0 Å². The van der Waals surface area contributed by atoms with Gasteiger partial charge in [-0.15, -0.1) is 11.6 Å². The van der Waals surface area contributed by atoms with Crippen molar-refractivity contribution in [1.82, 2.24) is 4.72 Å². The maximum atomic E-state index is 11.6. The maximum Gasteiger partial charge on any atom is 0.215 e. The lowest BCUT2D eigenvalue weighted by molar-refractivity contribution is 0.204. The molecule has 0 amide bonds. The molecule has 0 aliphatic rings. The summed E-state index contributed by atoms with van der Waals surface area (Å²) in [6, 6.07) is 7.19. The van der Waals surface area contributed by atoms with Crippen molar-refractivity contribution in [3.63, 3.8) is 0 Å². The van der Waals surface area contributed by atoms with Crippen LogP contribution in [0.3, 0.4) is 0 Å². The molecule has 0 aromatic heterocycles. The molecule has 17 heavy (non-hydrogen) atoms. The smallest absolute Gasteiger partial charge is 0.215 e. The van der Waals surface area contributed by atoms with E-state index < -0.39 is 10.0 Å². The molecule has 4 nitrogen and oxygen atoms in total. The van der Waals surface area contributed by atoms with Gasteiger partial charge >= 0.3 is 0 Å². The number of hydrogen-bond acceptors (Lipinski definition) is 3. The van der Waals surface area contributed by atoms with Crippen LogP contribution in [0.25, 0.3) is 0 Å². The van der Waals surface area contributed by atoms with Crippen LogP contribution >= 0.6 is 11.6 Å². The van der Waals surface area contributed by atoms with E-state index in [0.717, 1.165) is 11.1 Å². The molecule has 0 saturated carbocycles. The summed E-state index contributed by atoms with van der Waals surface area (Å²) in [6.07, 6.45) is 0. The Morgan fingerprint density at radius 3 is 2.35 bits per heavy atom. The molecule has 0 aliphatic carbocycles. The summed E-state index contributed by atoms with van der Waals surface area (Å²) in [5, 5.41) is 0. The average Bonchev–Trinajstić information content (AvgIpc) is 2.30. The van der Waals surface area contributed by atoms with Crippen molar-refractivity contribution in [2.75, 3.05) is 20.3 Å². The molecule has 0 radical (unpaired) electrons. The normalized spacial score (nSPS) is 11.6. The summed E-state index contributed by atoms with van der Waals surface area (Å²) in [5.74, 6) is 0.401. The van der Waals surface area contributed by atoms with Gasteiger partial charge in [0.15, 0.2) is 0 Å². The van der Waals surface area contributed by atoms with Crippen molar-refractivity contribution in [2.45, 2.75) is 11.6 Å². The van der Waals surface area contributed by atoms with Crippen LogP contribution in [0.5, 0.6) is 0 Å². The molecule has 0 unspecified atom stereocenters. The first-order chi connectivity index (χ1) is 8.07. The lowest BCUT2D eigenvalue weighted by Crippen LogP contribution is -2.28. The third-order valence-electron chi connectivity index (χ3n) is 2.16. The summed E-state index contributed by atoms with van der Waals surface area (Å²) in [7, 11) is -1.76. The SMILES string of the molecule is COCCNS(=O)(=O)Cc1ccc(CCl)cc1. The number of rotatable bonds is 7. The van der Waals surface area contributed by atoms with Crippen molar-refractivity contribution < 1.29 is 13.2 Å². The monoisotopic (exact) mass is 277 g/mol. The lowest BCUT2D eigenvalue weighted by Gasteiger charge is -2.06. The number of alkyl halides is 1. The minimum atomic E-state index is -3.29. The highest BCUT2D eigenvalue weighted by Crippen LogP contribution is 2.09. The van der Waals surface area contributed by atoms with E-state index >= 15 is 0 Å². The Kier molecular flexibility index (Phi) is 5.91. The molecule has 0 fully saturated rings. The van der Waals surface area contributed by atoms with Crippen LogP contribution in [0.15, 0.2) is 24.3 Å². The minimum Gasteiger partial charge on any atom is -0.383 e. The van der Waals surface area contributed by atoms with E-state index in [2.05, 4.69) is 4.72 Å². The number of halogens is 1. The van der Waals surface area contributed by atoms with Gasteiger partial charge in [0.1, 0.15) is 0 Å². The quantitative estimate of drug-likeness (QED) is 0.607. The van der Waals surface area contributed by atoms with Crippen LogP contribution < -0.4 is 4.72 Å². The predicted molar refractivity (Wildman–Crippen MR) is 68.5 cm³/mol. The fourth-order valence-corrected chi connectivity index (χ4v) is 2.60. The van der Waals surface area contributed by atoms with Gasteiger partial charge in [-0.25, -0.2) is 13.1 Å². The Hall–Kier alpha value is -0.620. The van der Waals surface area contributed by atoms with Gasteiger partial charge in [0.2, 0.25) is 10.0 Å². The average molecular weight is 278 g/mol. The molecular formula is C11H16ClNO3S. The van der Waals surface area contributed by atoms with E-state index in [1.165, 1.54) is 7.11 Å². The van der Waals surface area contributed by atoms with Gasteiger partial charge in [0, 0.05) is 19.5 Å². The van der Waals surface area contributed by atoms with Crippen LogP contribution in [-0.4, -0.2) is 28.7 Å². The summed E-state index contributed by atoms with van der Waals surface area (Å²) in [5.41, 5.74) is 1.71. The number of benzene rings is 1. The van der Waals surface area contributed by atoms with E-state index in [9.17, 15) is 8.42 Å². The minimum absolute atomic E-state index is 0.0285. The highest BCUT2D eigenvalue weighted by Gasteiger charge is 2.10. The molecule has 96 valence electrons. The van der Waals surface area contributed by atoms with Crippen molar-refractivity contribution in [2.24, 2.45) is 0 Å². The van der Waals surface area contributed by atoms with Crippen LogP contribution in [0.2, 0.25) is 0 Å². The highest BCUT2D eigenvalue weighted by molar-refractivity contribution is 7.88. The van der Waals surface area contributed by atoms with E-state index in [1.807, 2.05) is 12.1 Å². The Morgan fingerprint density at radius 1 is 1.24 bits per heavy atom. The number of hydrogen-bond donors (Lipinski definition) is 1. The zero-order chi connectivity index (χ0) is 12.7. The largest absolute Gasteiger partial charge is 0.383 e. The molecule has 1 rings (SSSR count). The first-order valence-corrected chi connectivity index (χ1v) is 7.36. The van der Waals surface area contributed by atoms with Crippen LogP contribution in [0.1, 0.15) is 11.1 Å². The van der Waals surface area contributed by atoms with Crippen LogP contribution in [0, 0.1) is 0 Å². The van der Waals surface area contributed by atoms with E-state index in [0.29, 0.717) is 19.0 Å². The molecule has 1 aromatic carbocycles. The van der Waals surface area contributed by atoms with Gasteiger partial charge in [0.05, 0.1) is 12.4 Å². The van der Waals surface area contributed by atoms with Gasteiger partial charge in [-0.3, -0.25) is 0 Å². The van der Waals surface area contributed by atoms with Gasteiger partial charge < -0.3 is 4.74 Å². The predicted octanol–water partition coefficient (Wildman–Crippen LogP) is 1.49. The van der Waals surface area contributed by atoms with Crippen molar-refractivity contribution in [3.8, 4) is 0 Å². The van der Waals surface area contributed by atoms with E-state index in [1.54, 1.807) is 12.1 Å². The lowest BCUT2D eigenvalue weighted by atomic mass is 10.2. The third kappa shape index (κ3) is 5.50. The van der Waals surface area contributed by atoms with Gasteiger partial charge in [-0.05, 0) is 11.1 Å². The highest BCUT2D eigenvalue weighted by atomic mass is 35.5.